The average Bonchev–Trinajstić information content (AvgIpc) is 2.63. The minimum Gasteiger partial charge on any atom is -0.494 e. The number of hydrogen-bond donors (Lipinski definition) is 1. The monoisotopic (exact) mass is 365 g/mol. The van der Waals surface area contributed by atoms with E-state index in [-0.39, 0.29) is 0 Å². The first-order valence-electron chi connectivity index (χ1n) is 8.79. The maximum Gasteiger partial charge on any atom is 0.135 e. The van der Waals surface area contributed by atoms with Crippen LogP contribution in [0.2, 0.25) is 0 Å². The molecule has 1 N–H and O–H groups in total. The summed E-state index contributed by atoms with van der Waals surface area (Å²) in [6.07, 6.45) is 5.31. The summed E-state index contributed by atoms with van der Waals surface area (Å²) in [6, 6.07) is 9.50. The van der Waals surface area contributed by atoms with Crippen LogP contribution in [-0.2, 0) is 4.74 Å². The maximum absolute atomic E-state index is 6.09. The van der Waals surface area contributed by atoms with Gasteiger partial charge in [0.05, 0.1) is 6.61 Å². The molecule has 0 bridgehead atoms. The SMILES string of the molecule is C=C/C=C(/Nc1cc(Oc2cccc(C(=C)OCC)c2C)ccn1)N(C)C. The van der Waals surface area contributed by atoms with Crippen LogP contribution in [-0.4, -0.2) is 30.6 Å². The second-order valence-electron chi connectivity index (χ2n) is 6.07. The normalized spacial score (nSPS) is 10.9. The van der Waals surface area contributed by atoms with E-state index in [1.54, 1.807) is 12.3 Å². The van der Waals surface area contributed by atoms with Gasteiger partial charge in [0.2, 0.25) is 0 Å². The van der Waals surface area contributed by atoms with Crippen LogP contribution in [0.1, 0.15) is 18.1 Å². The minimum atomic E-state index is 0.579. The van der Waals surface area contributed by atoms with Crippen molar-refractivity contribution >= 4 is 11.6 Å². The van der Waals surface area contributed by atoms with Crippen LogP contribution in [0.25, 0.3) is 5.76 Å². The van der Waals surface area contributed by atoms with Crippen molar-refractivity contribution in [1.82, 2.24) is 9.88 Å². The smallest absolute Gasteiger partial charge is 0.135 e. The van der Waals surface area contributed by atoms with Crippen molar-refractivity contribution in [2.75, 3.05) is 26.0 Å². The highest BCUT2D eigenvalue weighted by Crippen LogP contribution is 2.31. The van der Waals surface area contributed by atoms with E-state index in [0.29, 0.717) is 23.9 Å². The second kappa shape index (κ2) is 9.48. The largest absolute Gasteiger partial charge is 0.494 e. The van der Waals surface area contributed by atoms with E-state index in [0.717, 1.165) is 22.7 Å². The maximum atomic E-state index is 6.09. The summed E-state index contributed by atoms with van der Waals surface area (Å²) in [5, 5.41) is 3.26. The van der Waals surface area contributed by atoms with E-state index in [9.17, 15) is 0 Å². The Morgan fingerprint density at radius 3 is 2.74 bits per heavy atom. The van der Waals surface area contributed by atoms with Crippen molar-refractivity contribution in [3.05, 3.63) is 78.8 Å². The van der Waals surface area contributed by atoms with Crippen molar-refractivity contribution < 1.29 is 9.47 Å². The summed E-state index contributed by atoms with van der Waals surface area (Å²) in [5.41, 5.74) is 1.91. The lowest BCUT2D eigenvalue weighted by molar-refractivity contribution is 0.298. The highest BCUT2D eigenvalue weighted by Gasteiger charge is 2.10. The lowest BCUT2D eigenvalue weighted by atomic mass is 10.1. The molecule has 0 amide bonds. The molecular weight excluding hydrogens is 338 g/mol. The number of aromatic nitrogens is 1. The third-order valence-corrected chi connectivity index (χ3v) is 3.88. The molecule has 2 rings (SSSR count). The lowest BCUT2D eigenvalue weighted by Gasteiger charge is -2.19. The Labute approximate surface area is 161 Å². The van der Waals surface area contributed by atoms with Gasteiger partial charge < -0.3 is 19.7 Å². The van der Waals surface area contributed by atoms with Gasteiger partial charge in [-0.05, 0) is 32.1 Å². The van der Waals surface area contributed by atoms with Gasteiger partial charge in [0.1, 0.15) is 28.9 Å². The molecule has 1 heterocycles. The molecule has 2 aromatic rings. The van der Waals surface area contributed by atoms with E-state index in [4.69, 9.17) is 9.47 Å². The predicted octanol–water partition coefficient (Wildman–Crippen LogP) is 5.19. The number of pyridine rings is 1. The summed E-state index contributed by atoms with van der Waals surface area (Å²) >= 11 is 0. The van der Waals surface area contributed by atoms with Crippen molar-refractivity contribution in [1.29, 1.82) is 0 Å². The van der Waals surface area contributed by atoms with E-state index in [1.165, 1.54) is 0 Å². The van der Waals surface area contributed by atoms with Crippen LogP contribution in [0.15, 0.2) is 67.7 Å². The molecule has 0 unspecified atom stereocenters. The lowest BCUT2D eigenvalue weighted by Crippen LogP contribution is -2.18. The zero-order valence-corrected chi connectivity index (χ0v) is 16.5. The van der Waals surface area contributed by atoms with Crippen LogP contribution < -0.4 is 10.1 Å². The highest BCUT2D eigenvalue weighted by molar-refractivity contribution is 5.64. The fraction of sp³-hybridized carbons (Fsp3) is 0.227. The number of hydrogen-bond acceptors (Lipinski definition) is 5. The molecule has 0 radical (unpaired) electrons. The topological polar surface area (TPSA) is 46.6 Å². The second-order valence-corrected chi connectivity index (χ2v) is 6.07. The first kappa shape index (κ1) is 20.1. The highest BCUT2D eigenvalue weighted by atomic mass is 16.5. The van der Waals surface area contributed by atoms with Crippen LogP contribution in [0.4, 0.5) is 5.82 Å². The predicted molar refractivity (Wildman–Crippen MR) is 112 cm³/mol. The van der Waals surface area contributed by atoms with Gasteiger partial charge in [0, 0.05) is 37.5 Å². The number of rotatable bonds is 9. The summed E-state index contributed by atoms with van der Waals surface area (Å²) in [5.74, 6) is 3.64. The molecule has 0 fully saturated rings. The Morgan fingerprint density at radius 2 is 2.07 bits per heavy atom. The van der Waals surface area contributed by atoms with Crippen LogP contribution in [0.5, 0.6) is 11.5 Å². The Bertz CT molecular complexity index is 841. The fourth-order valence-electron chi connectivity index (χ4n) is 2.49. The minimum absolute atomic E-state index is 0.579. The third kappa shape index (κ3) is 5.38. The van der Waals surface area contributed by atoms with Gasteiger partial charge in [-0.3, -0.25) is 0 Å². The molecule has 1 aromatic heterocycles. The van der Waals surface area contributed by atoms with Crippen molar-refractivity contribution in [3.63, 3.8) is 0 Å². The average molecular weight is 365 g/mol. The molecule has 0 saturated heterocycles. The van der Waals surface area contributed by atoms with E-state index in [2.05, 4.69) is 23.5 Å². The summed E-state index contributed by atoms with van der Waals surface area (Å²) < 4.78 is 11.6. The Hall–Kier alpha value is -3.21. The molecule has 0 atom stereocenters. The molecule has 5 nitrogen and oxygen atoms in total. The molecule has 27 heavy (non-hydrogen) atoms. The Kier molecular flexibility index (Phi) is 7.06. The first-order chi connectivity index (χ1) is 13.0. The van der Waals surface area contributed by atoms with E-state index < -0.39 is 0 Å². The van der Waals surface area contributed by atoms with Crippen LogP contribution in [0, 0.1) is 6.92 Å². The summed E-state index contributed by atoms with van der Waals surface area (Å²) in [6.45, 7) is 12.2. The number of benzene rings is 1. The summed E-state index contributed by atoms with van der Waals surface area (Å²) in [7, 11) is 3.89. The third-order valence-electron chi connectivity index (χ3n) is 3.88. The van der Waals surface area contributed by atoms with Crippen molar-refractivity contribution in [2.45, 2.75) is 13.8 Å². The van der Waals surface area contributed by atoms with Gasteiger partial charge in [-0.25, -0.2) is 4.98 Å². The molecule has 142 valence electrons. The number of ether oxygens (including phenoxy) is 2. The quantitative estimate of drug-likeness (QED) is 0.489. The number of allylic oxidation sites excluding steroid dienone is 2. The summed E-state index contributed by atoms with van der Waals surface area (Å²) in [4.78, 5) is 6.30. The van der Waals surface area contributed by atoms with E-state index in [1.807, 2.05) is 69.3 Å². The molecule has 0 spiro atoms. The van der Waals surface area contributed by atoms with Gasteiger partial charge in [0.15, 0.2) is 0 Å². The van der Waals surface area contributed by atoms with E-state index >= 15 is 0 Å². The van der Waals surface area contributed by atoms with Gasteiger partial charge in [0.25, 0.3) is 0 Å². The molecule has 0 aliphatic carbocycles. The molecular formula is C22H27N3O2. The molecule has 0 aliphatic heterocycles. The molecule has 0 saturated carbocycles. The number of nitrogens with zero attached hydrogens (tertiary/aromatic N) is 2. The first-order valence-corrected chi connectivity index (χ1v) is 8.79. The number of anilines is 1. The molecule has 0 aliphatic rings. The zero-order chi connectivity index (χ0) is 19.8. The molecule has 5 heteroatoms. The number of nitrogens with one attached hydrogen (secondary N) is 1. The van der Waals surface area contributed by atoms with Crippen molar-refractivity contribution in [3.8, 4) is 11.5 Å². The van der Waals surface area contributed by atoms with Crippen LogP contribution in [0.3, 0.4) is 0 Å². The van der Waals surface area contributed by atoms with Gasteiger partial charge in [-0.1, -0.05) is 31.4 Å². The zero-order valence-electron chi connectivity index (χ0n) is 16.5. The molecule has 1 aromatic carbocycles. The van der Waals surface area contributed by atoms with Crippen LogP contribution >= 0.6 is 0 Å². The fourth-order valence-corrected chi connectivity index (χ4v) is 2.49. The Balaban J connectivity index is 2.24. The van der Waals surface area contributed by atoms with Gasteiger partial charge >= 0.3 is 0 Å². The standard InChI is InChI=1S/C22H27N3O2/c1-7-10-22(25(5)6)24-21-15-18(13-14-23-21)27-20-12-9-11-19(16(20)3)17(4)26-8-2/h7,9-15H,1,4,8H2,2-3,5-6H3,(H,23,24)/b22-10-. The van der Waals surface area contributed by atoms with Gasteiger partial charge in [-0.15, -0.1) is 0 Å². The Morgan fingerprint density at radius 1 is 1.30 bits per heavy atom. The van der Waals surface area contributed by atoms with Gasteiger partial charge in [-0.2, -0.15) is 0 Å². The van der Waals surface area contributed by atoms with Crippen molar-refractivity contribution in [2.24, 2.45) is 0 Å².